The molecule has 0 radical (unpaired) electrons. The lowest BCUT2D eigenvalue weighted by Gasteiger charge is -2.21. The minimum atomic E-state index is 0.667. The van der Waals surface area contributed by atoms with Crippen molar-refractivity contribution in [2.75, 3.05) is 30.8 Å². The fraction of sp³-hybridized carbons (Fsp3) is 0.538. The fourth-order valence-electron chi connectivity index (χ4n) is 2.33. The van der Waals surface area contributed by atoms with Gasteiger partial charge in [-0.05, 0) is 31.4 Å². The highest BCUT2D eigenvalue weighted by atomic mass is 32.2. The van der Waals surface area contributed by atoms with Crippen LogP contribution in [0.4, 0.5) is 5.69 Å². The van der Waals surface area contributed by atoms with Crippen LogP contribution in [-0.2, 0) is 0 Å². The molecule has 0 aliphatic carbocycles. The zero-order chi connectivity index (χ0) is 11.4. The Kier molecular flexibility index (Phi) is 4.13. The lowest BCUT2D eigenvalue weighted by atomic mass is 10.2. The van der Waals surface area contributed by atoms with E-state index in [1.54, 1.807) is 0 Å². The molecule has 0 aromatic heterocycles. The quantitative estimate of drug-likeness (QED) is 0.809. The molecule has 1 atom stereocenters. The first-order valence-electron chi connectivity index (χ1n) is 5.96. The zero-order valence-electron chi connectivity index (χ0n) is 10.1. The van der Waals surface area contributed by atoms with E-state index in [0.717, 1.165) is 13.1 Å². The molecule has 1 aliphatic rings. The number of hydrogen-bond donors (Lipinski definition) is 1. The minimum Gasteiger partial charge on any atom is -0.369 e. The summed E-state index contributed by atoms with van der Waals surface area (Å²) in [6, 6.07) is 9.36. The number of anilines is 1. The van der Waals surface area contributed by atoms with Crippen LogP contribution in [0.15, 0.2) is 29.2 Å². The molecule has 16 heavy (non-hydrogen) atoms. The fourth-order valence-corrected chi connectivity index (χ4v) is 2.95. The predicted molar refractivity (Wildman–Crippen MR) is 72.5 cm³/mol. The van der Waals surface area contributed by atoms with Gasteiger partial charge >= 0.3 is 0 Å². The first-order chi connectivity index (χ1) is 7.85. The lowest BCUT2D eigenvalue weighted by molar-refractivity contribution is 0.572. The third-order valence-corrected chi connectivity index (χ3v) is 3.89. The van der Waals surface area contributed by atoms with E-state index in [0.29, 0.717) is 6.04 Å². The first kappa shape index (κ1) is 11.8. The van der Waals surface area contributed by atoms with E-state index in [9.17, 15) is 0 Å². The highest BCUT2D eigenvalue weighted by Crippen LogP contribution is 2.30. The monoisotopic (exact) mass is 236 g/mol. The molecule has 0 bridgehead atoms. The van der Waals surface area contributed by atoms with Crippen molar-refractivity contribution in [1.82, 2.24) is 5.32 Å². The molecule has 1 fully saturated rings. The Hall–Kier alpha value is -0.670. The van der Waals surface area contributed by atoms with Crippen molar-refractivity contribution in [1.29, 1.82) is 0 Å². The molecule has 3 heteroatoms. The van der Waals surface area contributed by atoms with E-state index in [2.05, 4.69) is 47.7 Å². The molecule has 0 spiro atoms. The summed E-state index contributed by atoms with van der Waals surface area (Å²) in [5.41, 5.74) is 1.40. The second-order valence-electron chi connectivity index (χ2n) is 4.16. The van der Waals surface area contributed by atoms with Crippen LogP contribution in [0.3, 0.4) is 0 Å². The molecular formula is C13H20N2S. The molecule has 88 valence electrons. The maximum absolute atomic E-state index is 3.53. The molecule has 0 amide bonds. The number of para-hydroxylation sites is 1. The van der Waals surface area contributed by atoms with Gasteiger partial charge in [0.05, 0.1) is 5.69 Å². The first-order valence-corrected chi connectivity index (χ1v) is 7.19. The number of nitrogens with one attached hydrogen (secondary N) is 1. The maximum atomic E-state index is 3.53. The van der Waals surface area contributed by atoms with Crippen LogP contribution in [-0.4, -0.2) is 31.9 Å². The van der Waals surface area contributed by atoms with Gasteiger partial charge in [0.25, 0.3) is 0 Å². The van der Waals surface area contributed by atoms with E-state index >= 15 is 0 Å². The summed E-state index contributed by atoms with van der Waals surface area (Å²) < 4.78 is 0. The van der Waals surface area contributed by atoms with Crippen molar-refractivity contribution < 1.29 is 0 Å². The molecule has 1 unspecified atom stereocenters. The van der Waals surface area contributed by atoms with Gasteiger partial charge in [0.2, 0.25) is 0 Å². The van der Waals surface area contributed by atoms with Crippen molar-refractivity contribution in [3.05, 3.63) is 24.3 Å². The summed E-state index contributed by atoms with van der Waals surface area (Å²) in [7, 11) is 0. The SMILES string of the molecule is CCNC1CCN(c2ccccc2SC)C1. The second kappa shape index (κ2) is 5.60. The number of likely N-dealkylation sites (N-methyl/N-ethyl adjacent to an activating group) is 1. The number of nitrogens with zero attached hydrogens (tertiary/aromatic N) is 1. The lowest BCUT2D eigenvalue weighted by Crippen LogP contribution is -2.32. The summed E-state index contributed by atoms with van der Waals surface area (Å²) >= 11 is 1.83. The van der Waals surface area contributed by atoms with Crippen LogP contribution < -0.4 is 10.2 Å². The van der Waals surface area contributed by atoms with E-state index in [1.807, 2.05) is 11.8 Å². The minimum absolute atomic E-state index is 0.667. The van der Waals surface area contributed by atoms with Crippen LogP contribution in [0.25, 0.3) is 0 Å². The molecule has 1 saturated heterocycles. The van der Waals surface area contributed by atoms with Gasteiger partial charge < -0.3 is 10.2 Å². The van der Waals surface area contributed by atoms with Gasteiger partial charge in [-0.1, -0.05) is 19.1 Å². The van der Waals surface area contributed by atoms with Crippen molar-refractivity contribution in [2.24, 2.45) is 0 Å². The summed E-state index contributed by atoms with van der Waals surface area (Å²) in [5.74, 6) is 0. The third kappa shape index (κ3) is 2.53. The van der Waals surface area contributed by atoms with Gasteiger partial charge in [0, 0.05) is 24.0 Å². The van der Waals surface area contributed by atoms with Gasteiger partial charge in [0.1, 0.15) is 0 Å². The summed E-state index contributed by atoms with van der Waals surface area (Å²) in [4.78, 5) is 3.89. The van der Waals surface area contributed by atoms with Crippen molar-refractivity contribution in [3.8, 4) is 0 Å². The molecule has 1 aromatic carbocycles. The van der Waals surface area contributed by atoms with Gasteiger partial charge in [-0.25, -0.2) is 0 Å². The van der Waals surface area contributed by atoms with Crippen molar-refractivity contribution in [3.63, 3.8) is 0 Å². The average molecular weight is 236 g/mol. The van der Waals surface area contributed by atoms with E-state index in [4.69, 9.17) is 0 Å². The zero-order valence-corrected chi connectivity index (χ0v) is 10.9. The van der Waals surface area contributed by atoms with Gasteiger partial charge in [-0.15, -0.1) is 11.8 Å². The van der Waals surface area contributed by atoms with Gasteiger partial charge in [-0.2, -0.15) is 0 Å². The highest BCUT2D eigenvalue weighted by Gasteiger charge is 2.22. The maximum Gasteiger partial charge on any atom is 0.0504 e. The van der Waals surface area contributed by atoms with Crippen molar-refractivity contribution in [2.45, 2.75) is 24.3 Å². The van der Waals surface area contributed by atoms with Crippen LogP contribution in [0.2, 0.25) is 0 Å². The second-order valence-corrected chi connectivity index (χ2v) is 5.01. The van der Waals surface area contributed by atoms with E-state index in [1.165, 1.54) is 23.5 Å². The Balaban J connectivity index is 2.08. The topological polar surface area (TPSA) is 15.3 Å². The molecular weight excluding hydrogens is 216 g/mol. The normalized spacial score (nSPS) is 20.4. The summed E-state index contributed by atoms with van der Waals surface area (Å²) in [5, 5.41) is 3.53. The molecule has 2 nitrogen and oxygen atoms in total. The smallest absolute Gasteiger partial charge is 0.0504 e. The number of benzene rings is 1. The standard InChI is InChI=1S/C13H20N2S/c1-3-14-11-8-9-15(10-11)12-6-4-5-7-13(12)16-2/h4-7,11,14H,3,8-10H2,1-2H3. The highest BCUT2D eigenvalue weighted by molar-refractivity contribution is 7.98. The Morgan fingerprint density at radius 2 is 2.25 bits per heavy atom. The number of rotatable bonds is 4. The molecule has 1 aliphatic heterocycles. The molecule has 0 saturated carbocycles. The van der Waals surface area contributed by atoms with E-state index in [-0.39, 0.29) is 0 Å². The molecule has 1 heterocycles. The Morgan fingerprint density at radius 3 is 3.00 bits per heavy atom. The van der Waals surface area contributed by atoms with Crippen LogP contribution in [0, 0.1) is 0 Å². The molecule has 1 aromatic rings. The van der Waals surface area contributed by atoms with Crippen molar-refractivity contribution >= 4 is 17.4 Å². The Bertz CT molecular complexity index is 340. The predicted octanol–water partition coefficient (Wildman–Crippen LogP) is 2.60. The van der Waals surface area contributed by atoms with Gasteiger partial charge in [0.15, 0.2) is 0 Å². The van der Waals surface area contributed by atoms with Gasteiger partial charge in [-0.3, -0.25) is 0 Å². The Labute approximate surface area is 102 Å². The number of hydrogen-bond acceptors (Lipinski definition) is 3. The largest absolute Gasteiger partial charge is 0.369 e. The average Bonchev–Trinajstić information content (AvgIpc) is 2.78. The molecule has 1 N–H and O–H groups in total. The van der Waals surface area contributed by atoms with Crippen LogP contribution in [0.1, 0.15) is 13.3 Å². The van der Waals surface area contributed by atoms with Crippen LogP contribution in [0.5, 0.6) is 0 Å². The summed E-state index contributed by atoms with van der Waals surface area (Å²) in [6.45, 7) is 5.57. The Morgan fingerprint density at radius 1 is 1.44 bits per heavy atom. The van der Waals surface area contributed by atoms with E-state index < -0.39 is 0 Å². The molecule has 2 rings (SSSR count). The summed E-state index contributed by atoms with van der Waals surface area (Å²) in [6.07, 6.45) is 3.41. The third-order valence-electron chi connectivity index (χ3n) is 3.11. The van der Waals surface area contributed by atoms with Crippen LogP contribution >= 0.6 is 11.8 Å². The number of thioether (sulfide) groups is 1.